The van der Waals surface area contributed by atoms with Crippen LogP contribution in [-0.2, 0) is 22.5 Å². The van der Waals surface area contributed by atoms with Gasteiger partial charge in [-0.3, -0.25) is 14.9 Å². The van der Waals surface area contributed by atoms with Gasteiger partial charge in [0, 0.05) is 19.2 Å². The normalized spacial score (nSPS) is 15.2. The summed E-state index contributed by atoms with van der Waals surface area (Å²) in [6.45, 7) is 1.47. The van der Waals surface area contributed by atoms with Gasteiger partial charge in [0.1, 0.15) is 12.7 Å². The van der Waals surface area contributed by atoms with Crippen LogP contribution in [0, 0.1) is 10.1 Å². The fraction of sp³-hybridized carbons (Fsp3) is 0.316. The molecule has 0 unspecified atom stereocenters. The number of benzene rings is 2. The van der Waals surface area contributed by atoms with E-state index in [2.05, 4.69) is 10.1 Å². The van der Waals surface area contributed by atoms with Gasteiger partial charge in [-0.25, -0.2) is 0 Å². The second-order valence-corrected chi connectivity index (χ2v) is 6.07. The van der Waals surface area contributed by atoms with Crippen molar-refractivity contribution in [2.24, 2.45) is 0 Å². The monoisotopic (exact) mass is 372 g/mol. The summed E-state index contributed by atoms with van der Waals surface area (Å²) in [5, 5.41) is 14.6. The molecule has 0 aliphatic carbocycles. The van der Waals surface area contributed by atoms with Crippen LogP contribution in [0.2, 0.25) is 0 Å². The van der Waals surface area contributed by atoms with E-state index >= 15 is 0 Å². The number of nitro benzene ring substituents is 1. The molecular weight excluding hydrogens is 352 g/mol. The predicted molar refractivity (Wildman–Crippen MR) is 96.9 cm³/mol. The topological polar surface area (TPSA) is 99.9 Å². The van der Waals surface area contributed by atoms with E-state index in [-0.39, 0.29) is 29.5 Å². The summed E-state index contributed by atoms with van der Waals surface area (Å²) in [6, 6.07) is 12.7. The highest BCUT2D eigenvalue weighted by Gasteiger charge is 2.30. The molecule has 142 valence electrons. The third-order valence-corrected chi connectivity index (χ3v) is 4.20. The zero-order valence-electron chi connectivity index (χ0n) is 14.8. The molecule has 0 spiro atoms. The van der Waals surface area contributed by atoms with Crippen LogP contribution in [0.3, 0.4) is 0 Å². The average molecular weight is 372 g/mol. The molecule has 1 aliphatic heterocycles. The van der Waals surface area contributed by atoms with Gasteiger partial charge in [-0.05, 0) is 11.6 Å². The van der Waals surface area contributed by atoms with Crippen molar-refractivity contribution in [1.82, 2.24) is 5.32 Å². The first-order valence-corrected chi connectivity index (χ1v) is 8.49. The van der Waals surface area contributed by atoms with E-state index in [0.717, 1.165) is 5.56 Å². The van der Waals surface area contributed by atoms with Crippen molar-refractivity contribution < 1.29 is 23.9 Å². The zero-order valence-corrected chi connectivity index (χ0v) is 14.8. The van der Waals surface area contributed by atoms with Gasteiger partial charge in [0.05, 0.1) is 24.0 Å². The van der Waals surface area contributed by atoms with E-state index in [1.54, 1.807) is 0 Å². The van der Waals surface area contributed by atoms with Crippen LogP contribution in [0.4, 0.5) is 5.69 Å². The van der Waals surface area contributed by atoms with Crippen LogP contribution in [0.25, 0.3) is 0 Å². The highest BCUT2D eigenvalue weighted by atomic mass is 16.6. The molecule has 3 rings (SSSR count). The Kier molecular flexibility index (Phi) is 5.87. The number of nitrogens with one attached hydrogen (secondary N) is 1. The van der Waals surface area contributed by atoms with Gasteiger partial charge in [0.2, 0.25) is 0 Å². The maximum Gasteiger partial charge on any atom is 0.310 e. The summed E-state index contributed by atoms with van der Waals surface area (Å²) < 4.78 is 16.3. The van der Waals surface area contributed by atoms with Crippen molar-refractivity contribution in [2.45, 2.75) is 19.1 Å². The van der Waals surface area contributed by atoms with Crippen molar-refractivity contribution in [1.29, 1.82) is 0 Å². The molecule has 0 bridgehead atoms. The van der Waals surface area contributed by atoms with E-state index in [9.17, 15) is 14.9 Å². The molecule has 8 heteroatoms. The predicted octanol–water partition coefficient (Wildman–Crippen LogP) is 2.24. The lowest BCUT2D eigenvalue weighted by Gasteiger charge is -2.28. The molecule has 0 radical (unpaired) electrons. The summed E-state index contributed by atoms with van der Waals surface area (Å²) in [6.07, 6.45) is -0.594. The van der Waals surface area contributed by atoms with Crippen LogP contribution >= 0.6 is 0 Å². The molecule has 0 saturated heterocycles. The molecule has 1 heterocycles. The van der Waals surface area contributed by atoms with Gasteiger partial charge in [-0.2, -0.15) is 0 Å². The smallest absolute Gasteiger partial charge is 0.310 e. The highest BCUT2D eigenvalue weighted by Crippen LogP contribution is 2.40. The number of carbonyl (C=O) groups excluding carboxylic acids is 1. The Balaban J connectivity index is 1.73. The first kappa shape index (κ1) is 18.7. The fourth-order valence-corrected chi connectivity index (χ4v) is 2.85. The maximum atomic E-state index is 11.7. The SMILES string of the molecule is COC(=O)Cc1c([N+](=O)[O-])ccc2c1O[C@@H](CNCc1ccccc1)CO2. The van der Waals surface area contributed by atoms with E-state index in [1.165, 1.54) is 19.2 Å². The van der Waals surface area contributed by atoms with Gasteiger partial charge in [-0.15, -0.1) is 0 Å². The van der Waals surface area contributed by atoms with E-state index in [1.807, 2.05) is 30.3 Å². The quantitative estimate of drug-likeness (QED) is 0.452. The Morgan fingerprint density at radius 1 is 1.30 bits per heavy atom. The molecule has 2 aromatic rings. The third-order valence-electron chi connectivity index (χ3n) is 4.20. The lowest BCUT2D eigenvalue weighted by molar-refractivity contribution is -0.385. The fourth-order valence-electron chi connectivity index (χ4n) is 2.85. The summed E-state index contributed by atoms with van der Waals surface area (Å²) in [7, 11) is 1.23. The maximum absolute atomic E-state index is 11.7. The third kappa shape index (κ3) is 4.53. The Morgan fingerprint density at radius 2 is 2.07 bits per heavy atom. The molecule has 2 aromatic carbocycles. The molecule has 0 fully saturated rings. The van der Waals surface area contributed by atoms with Crippen molar-refractivity contribution in [3.8, 4) is 11.5 Å². The summed E-state index contributed by atoms with van der Waals surface area (Å²) >= 11 is 0. The molecule has 0 aromatic heterocycles. The number of esters is 1. The number of hydrogen-bond acceptors (Lipinski definition) is 7. The van der Waals surface area contributed by atoms with Crippen LogP contribution in [0.15, 0.2) is 42.5 Å². The highest BCUT2D eigenvalue weighted by molar-refractivity contribution is 5.76. The Labute approximate surface area is 156 Å². The molecule has 27 heavy (non-hydrogen) atoms. The largest absolute Gasteiger partial charge is 0.486 e. The van der Waals surface area contributed by atoms with Crippen LogP contribution in [-0.4, -0.2) is 37.3 Å². The number of methoxy groups -OCH3 is 1. The average Bonchev–Trinajstić information content (AvgIpc) is 2.68. The molecule has 1 aliphatic rings. The molecular formula is C19H20N2O6. The first-order chi connectivity index (χ1) is 13.1. The second kappa shape index (κ2) is 8.50. The Morgan fingerprint density at radius 3 is 2.78 bits per heavy atom. The van der Waals surface area contributed by atoms with E-state index < -0.39 is 10.9 Å². The van der Waals surface area contributed by atoms with Gasteiger partial charge in [0.25, 0.3) is 5.69 Å². The molecule has 1 atom stereocenters. The number of ether oxygens (including phenoxy) is 3. The van der Waals surface area contributed by atoms with E-state index in [4.69, 9.17) is 9.47 Å². The van der Waals surface area contributed by atoms with Gasteiger partial charge < -0.3 is 19.5 Å². The lowest BCUT2D eigenvalue weighted by Crippen LogP contribution is -2.38. The standard InChI is InChI=1S/C19H20N2O6/c1-25-18(22)9-15-16(21(23)24)7-8-17-19(15)27-14(12-26-17)11-20-10-13-5-3-2-4-6-13/h2-8,14,20H,9-12H2,1H3/t14-/m0/s1. The van der Waals surface area contributed by atoms with Crippen molar-refractivity contribution in [3.05, 3.63) is 63.7 Å². The summed E-state index contributed by atoms with van der Waals surface area (Å²) in [5.41, 5.74) is 1.11. The number of hydrogen-bond donors (Lipinski definition) is 1. The van der Waals surface area contributed by atoms with Gasteiger partial charge >= 0.3 is 5.97 Å². The van der Waals surface area contributed by atoms with Gasteiger partial charge in [0.15, 0.2) is 11.5 Å². The second-order valence-electron chi connectivity index (χ2n) is 6.07. The van der Waals surface area contributed by atoms with Crippen molar-refractivity contribution >= 4 is 11.7 Å². The van der Waals surface area contributed by atoms with Crippen LogP contribution in [0.1, 0.15) is 11.1 Å². The molecule has 0 amide bonds. The van der Waals surface area contributed by atoms with E-state index in [0.29, 0.717) is 25.4 Å². The Bertz CT molecular complexity index is 824. The number of nitrogens with zero attached hydrogens (tertiary/aromatic N) is 1. The summed E-state index contributed by atoms with van der Waals surface area (Å²) in [4.78, 5) is 22.5. The number of fused-ring (bicyclic) bond motifs is 1. The zero-order chi connectivity index (χ0) is 19.2. The minimum Gasteiger partial charge on any atom is -0.486 e. The number of rotatable bonds is 7. The minimum absolute atomic E-state index is 0.164. The Hall–Kier alpha value is -3.13. The molecule has 0 saturated carbocycles. The van der Waals surface area contributed by atoms with Crippen LogP contribution < -0.4 is 14.8 Å². The first-order valence-electron chi connectivity index (χ1n) is 8.49. The number of nitro groups is 1. The number of carbonyl (C=O) groups is 1. The van der Waals surface area contributed by atoms with Crippen LogP contribution in [0.5, 0.6) is 11.5 Å². The lowest BCUT2D eigenvalue weighted by atomic mass is 10.1. The van der Waals surface area contributed by atoms with Gasteiger partial charge in [-0.1, -0.05) is 30.3 Å². The summed E-state index contributed by atoms with van der Waals surface area (Å²) in [5.74, 6) is 0.0330. The molecule has 8 nitrogen and oxygen atoms in total. The van der Waals surface area contributed by atoms with Crippen molar-refractivity contribution in [3.63, 3.8) is 0 Å². The minimum atomic E-state index is -0.584. The molecule has 1 N–H and O–H groups in total. The van der Waals surface area contributed by atoms with Crippen molar-refractivity contribution in [2.75, 3.05) is 20.3 Å².